The Labute approximate surface area is 178 Å². The maximum Gasteiger partial charge on any atom is 0.409 e. The zero-order valence-electron chi connectivity index (χ0n) is 16.4. The minimum Gasteiger partial charge on any atom is -0.496 e. The Morgan fingerprint density at radius 2 is 2.07 bits per heavy atom. The smallest absolute Gasteiger partial charge is 0.409 e. The number of nitrogens with zero attached hydrogens (tertiary/aromatic N) is 2. The van der Waals surface area contributed by atoms with Gasteiger partial charge in [-0.15, -0.1) is 24.0 Å². The van der Waals surface area contributed by atoms with Gasteiger partial charge in [0.25, 0.3) is 0 Å². The molecule has 0 atom stereocenters. The van der Waals surface area contributed by atoms with Crippen molar-refractivity contribution in [2.75, 3.05) is 33.4 Å². The minimum absolute atomic E-state index is 0. The molecular formula is C19H31IN4O3. The van der Waals surface area contributed by atoms with Crippen LogP contribution in [-0.4, -0.2) is 56.3 Å². The maximum atomic E-state index is 11.7. The van der Waals surface area contributed by atoms with E-state index in [1.54, 1.807) is 12.0 Å². The van der Waals surface area contributed by atoms with Crippen molar-refractivity contribution in [3.63, 3.8) is 0 Å². The molecule has 1 saturated heterocycles. The number of nitrogens with one attached hydrogen (secondary N) is 1. The number of amides is 1. The summed E-state index contributed by atoms with van der Waals surface area (Å²) >= 11 is 0. The van der Waals surface area contributed by atoms with Crippen molar-refractivity contribution >= 4 is 36.0 Å². The van der Waals surface area contributed by atoms with Gasteiger partial charge in [0.1, 0.15) is 5.75 Å². The number of likely N-dealkylation sites (tertiary alicyclic amines) is 1. The summed E-state index contributed by atoms with van der Waals surface area (Å²) in [4.78, 5) is 17.8. The van der Waals surface area contributed by atoms with Gasteiger partial charge >= 0.3 is 6.09 Å². The number of halogens is 1. The van der Waals surface area contributed by atoms with E-state index >= 15 is 0 Å². The summed E-state index contributed by atoms with van der Waals surface area (Å²) < 4.78 is 10.4. The normalized spacial score (nSPS) is 15.1. The van der Waals surface area contributed by atoms with Crippen LogP contribution in [0.3, 0.4) is 0 Å². The van der Waals surface area contributed by atoms with Crippen LogP contribution in [0.4, 0.5) is 4.79 Å². The van der Waals surface area contributed by atoms with Gasteiger partial charge in [-0.05, 0) is 50.3 Å². The lowest BCUT2D eigenvalue weighted by atomic mass is 10.1. The molecule has 0 unspecified atom stereocenters. The van der Waals surface area contributed by atoms with Crippen molar-refractivity contribution in [2.24, 2.45) is 10.7 Å². The van der Waals surface area contributed by atoms with Crippen LogP contribution < -0.4 is 15.8 Å². The molecule has 0 spiro atoms. The van der Waals surface area contributed by atoms with E-state index in [9.17, 15) is 4.79 Å². The largest absolute Gasteiger partial charge is 0.496 e. The van der Waals surface area contributed by atoms with E-state index in [1.807, 2.05) is 19.9 Å². The van der Waals surface area contributed by atoms with E-state index in [0.717, 1.165) is 30.6 Å². The molecule has 0 radical (unpaired) electrons. The Kier molecular flexibility index (Phi) is 10.3. The van der Waals surface area contributed by atoms with Gasteiger partial charge in [-0.1, -0.05) is 12.1 Å². The van der Waals surface area contributed by atoms with Crippen molar-refractivity contribution in [3.8, 4) is 5.75 Å². The van der Waals surface area contributed by atoms with Gasteiger partial charge in [-0.25, -0.2) is 4.79 Å². The third-order valence-corrected chi connectivity index (χ3v) is 4.53. The number of aliphatic imine (C=N–C) groups is 1. The van der Waals surface area contributed by atoms with Gasteiger partial charge in [0.2, 0.25) is 0 Å². The van der Waals surface area contributed by atoms with Crippen molar-refractivity contribution in [2.45, 2.75) is 39.2 Å². The lowest BCUT2D eigenvalue weighted by Gasteiger charge is -2.31. The van der Waals surface area contributed by atoms with Crippen molar-refractivity contribution in [1.82, 2.24) is 10.2 Å². The summed E-state index contributed by atoms with van der Waals surface area (Å²) in [6, 6.07) is 6.42. The van der Waals surface area contributed by atoms with Gasteiger partial charge < -0.3 is 25.4 Å². The van der Waals surface area contributed by atoms with Crippen LogP contribution in [0, 0.1) is 6.92 Å². The van der Waals surface area contributed by atoms with Crippen LogP contribution in [0.1, 0.15) is 30.9 Å². The first-order valence-corrected chi connectivity index (χ1v) is 9.15. The first-order valence-electron chi connectivity index (χ1n) is 9.15. The standard InChI is InChI=1S/C19H30N4O3.HI/c1-4-26-19(24)23-11-8-16(9-12-23)22-18(20)21-10-7-15-6-5-14(2)17(13-15)25-3;/h5-6,13,16H,4,7-12H2,1-3H3,(H3,20,21,22);1H. The molecule has 1 heterocycles. The van der Waals surface area contributed by atoms with Crippen LogP contribution >= 0.6 is 24.0 Å². The lowest BCUT2D eigenvalue weighted by molar-refractivity contribution is 0.0963. The molecule has 0 bridgehead atoms. The van der Waals surface area contributed by atoms with E-state index in [1.165, 1.54) is 5.56 Å². The highest BCUT2D eigenvalue weighted by Gasteiger charge is 2.23. The fourth-order valence-corrected chi connectivity index (χ4v) is 3.00. The molecule has 152 valence electrons. The third-order valence-electron chi connectivity index (χ3n) is 4.53. The Hall–Kier alpha value is -1.71. The monoisotopic (exact) mass is 490 g/mol. The fourth-order valence-electron chi connectivity index (χ4n) is 3.00. The quantitative estimate of drug-likeness (QED) is 0.364. The molecule has 7 nitrogen and oxygen atoms in total. The number of piperidine rings is 1. The molecule has 2 rings (SSSR count). The van der Waals surface area contributed by atoms with Crippen LogP contribution in [0.5, 0.6) is 5.75 Å². The molecule has 1 amide bonds. The lowest BCUT2D eigenvalue weighted by Crippen LogP contribution is -2.48. The average Bonchev–Trinajstić information content (AvgIpc) is 2.64. The Balaban J connectivity index is 0.00000364. The molecule has 27 heavy (non-hydrogen) atoms. The number of guanidine groups is 1. The third kappa shape index (κ3) is 7.43. The molecule has 1 aromatic carbocycles. The van der Waals surface area contributed by atoms with Crippen molar-refractivity contribution in [3.05, 3.63) is 29.3 Å². The molecule has 0 aliphatic carbocycles. The van der Waals surface area contributed by atoms with Crippen LogP contribution in [-0.2, 0) is 11.2 Å². The molecule has 8 heteroatoms. The molecule has 0 saturated carbocycles. The molecule has 1 aromatic rings. The summed E-state index contributed by atoms with van der Waals surface area (Å²) in [5.74, 6) is 1.35. The van der Waals surface area contributed by atoms with Gasteiger partial charge in [0.15, 0.2) is 5.96 Å². The molecule has 1 aliphatic rings. The van der Waals surface area contributed by atoms with Gasteiger partial charge in [-0.2, -0.15) is 0 Å². The first-order chi connectivity index (χ1) is 12.5. The molecular weight excluding hydrogens is 459 g/mol. The summed E-state index contributed by atoms with van der Waals surface area (Å²) in [5.41, 5.74) is 8.29. The summed E-state index contributed by atoms with van der Waals surface area (Å²) in [6.45, 7) is 6.21. The number of aryl methyl sites for hydroxylation is 1. The molecule has 1 aliphatic heterocycles. The van der Waals surface area contributed by atoms with Gasteiger partial charge in [0.05, 0.1) is 13.7 Å². The van der Waals surface area contributed by atoms with Crippen LogP contribution in [0.25, 0.3) is 0 Å². The highest BCUT2D eigenvalue weighted by atomic mass is 127. The number of carbonyl (C=O) groups excluding carboxylic acids is 1. The Bertz CT molecular complexity index is 631. The first kappa shape index (κ1) is 23.3. The second kappa shape index (κ2) is 11.9. The Morgan fingerprint density at radius 1 is 1.37 bits per heavy atom. The van der Waals surface area contributed by atoms with Crippen molar-refractivity contribution < 1.29 is 14.3 Å². The van der Waals surface area contributed by atoms with Crippen LogP contribution in [0.15, 0.2) is 23.2 Å². The summed E-state index contributed by atoms with van der Waals surface area (Å²) in [5, 5.41) is 3.25. The summed E-state index contributed by atoms with van der Waals surface area (Å²) in [7, 11) is 1.68. The average molecular weight is 490 g/mol. The van der Waals surface area contributed by atoms with E-state index < -0.39 is 0 Å². The molecule has 3 N–H and O–H groups in total. The minimum atomic E-state index is -0.235. The SMILES string of the molecule is CCOC(=O)N1CCC(NC(N)=NCCc2ccc(C)c(OC)c2)CC1.I. The zero-order chi connectivity index (χ0) is 18.9. The highest BCUT2D eigenvalue weighted by Crippen LogP contribution is 2.19. The topological polar surface area (TPSA) is 89.2 Å². The van der Waals surface area contributed by atoms with E-state index in [2.05, 4.69) is 22.4 Å². The number of carbonyl (C=O) groups is 1. The molecule has 1 fully saturated rings. The van der Waals surface area contributed by atoms with Gasteiger partial charge in [-0.3, -0.25) is 4.99 Å². The number of rotatable bonds is 6. The maximum absolute atomic E-state index is 11.7. The number of nitrogens with two attached hydrogens (primary N) is 1. The number of hydrogen-bond donors (Lipinski definition) is 2. The zero-order valence-corrected chi connectivity index (χ0v) is 18.7. The van der Waals surface area contributed by atoms with E-state index in [-0.39, 0.29) is 36.1 Å². The predicted octanol–water partition coefficient (Wildman–Crippen LogP) is 2.69. The fraction of sp³-hybridized carbons (Fsp3) is 0.579. The van der Waals surface area contributed by atoms with Crippen molar-refractivity contribution in [1.29, 1.82) is 0 Å². The second-order valence-electron chi connectivity index (χ2n) is 6.43. The highest BCUT2D eigenvalue weighted by molar-refractivity contribution is 14.0. The number of ether oxygens (including phenoxy) is 2. The second-order valence-corrected chi connectivity index (χ2v) is 6.43. The van der Waals surface area contributed by atoms with Gasteiger partial charge in [0, 0.05) is 25.7 Å². The number of methoxy groups -OCH3 is 1. The summed E-state index contributed by atoms with van der Waals surface area (Å²) in [6.07, 6.45) is 2.25. The Morgan fingerprint density at radius 3 is 2.70 bits per heavy atom. The van der Waals surface area contributed by atoms with Crippen LogP contribution in [0.2, 0.25) is 0 Å². The number of hydrogen-bond acceptors (Lipinski definition) is 4. The molecule has 0 aromatic heterocycles. The van der Waals surface area contributed by atoms with E-state index in [0.29, 0.717) is 32.2 Å². The predicted molar refractivity (Wildman–Crippen MR) is 118 cm³/mol. The number of benzene rings is 1. The van der Waals surface area contributed by atoms with E-state index in [4.69, 9.17) is 15.2 Å².